The minimum Gasteiger partial charge on any atom is -0.497 e. The maximum absolute atomic E-state index is 5.26. The van der Waals surface area contributed by atoms with Crippen molar-refractivity contribution >= 4 is 0 Å². The quantitative estimate of drug-likeness (QED) is 0.743. The minimum atomic E-state index is 0.570. The summed E-state index contributed by atoms with van der Waals surface area (Å²) in [4.78, 5) is 0. The maximum atomic E-state index is 5.26. The number of hydrogen-bond acceptors (Lipinski definition) is 2. The van der Waals surface area contributed by atoms with Gasteiger partial charge in [0.25, 0.3) is 0 Å². The highest BCUT2D eigenvalue weighted by Gasteiger charge is 2.16. The van der Waals surface area contributed by atoms with Crippen LogP contribution in [0.1, 0.15) is 44.2 Å². The number of nitrogens with one attached hydrogen (secondary N) is 1. The maximum Gasteiger partial charge on any atom is 0.119 e. The van der Waals surface area contributed by atoms with Gasteiger partial charge in [0, 0.05) is 0 Å². The van der Waals surface area contributed by atoms with Gasteiger partial charge in [-0.05, 0) is 61.5 Å². The lowest BCUT2D eigenvalue weighted by atomic mass is 9.86. The molecule has 1 rings (SSSR count). The number of benzene rings is 1. The molecule has 0 spiro atoms. The highest BCUT2D eigenvalue weighted by Crippen LogP contribution is 2.28. The zero-order chi connectivity index (χ0) is 13.5. The zero-order valence-corrected chi connectivity index (χ0v) is 12.4. The van der Waals surface area contributed by atoms with E-state index in [2.05, 4.69) is 51.2 Å². The summed E-state index contributed by atoms with van der Waals surface area (Å²) < 4.78 is 5.26. The molecule has 1 aromatic carbocycles. The molecule has 0 bridgehead atoms. The van der Waals surface area contributed by atoms with E-state index in [1.54, 1.807) is 7.11 Å². The van der Waals surface area contributed by atoms with Crippen LogP contribution >= 0.6 is 0 Å². The molecule has 18 heavy (non-hydrogen) atoms. The molecule has 1 aromatic rings. The molecule has 0 heterocycles. The van der Waals surface area contributed by atoms with Crippen LogP contribution in [0.2, 0.25) is 0 Å². The van der Waals surface area contributed by atoms with Gasteiger partial charge in [0.05, 0.1) is 7.11 Å². The summed E-state index contributed by atoms with van der Waals surface area (Å²) in [5, 5.41) is 3.50. The molecule has 1 N–H and O–H groups in total. The molecular weight excluding hydrogens is 222 g/mol. The van der Waals surface area contributed by atoms with Crippen LogP contribution in [-0.4, -0.2) is 20.2 Å². The second-order valence-corrected chi connectivity index (χ2v) is 5.19. The molecule has 0 radical (unpaired) electrons. The number of rotatable bonds is 7. The topological polar surface area (TPSA) is 21.3 Å². The van der Waals surface area contributed by atoms with E-state index in [-0.39, 0.29) is 0 Å². The molecule has 0 saturated carbocycles. The van der Waals surface area contributed by atoms with Crippen molar-refractivity contribution in [3.63, 3.8) is 0 Å². The molecule has 0 aliphatic heterocycles. The smallest absolute Gasteiger partial charge is 0.119 e. The summed E-state index contributed by atoms with van der Waals surface area (Å²) in [5.41, 5.74) is 2.76. The van der Waals surface area contributed by atoms with E-state index in [1.807, 2.05) is 0 Å². The second kappa shape index (κ2) is 7.42. The third-order valence-corrected chi connectivity index (χ3v) is 3.71. The van der Waals surface area contributed by atoms with E-state index in [0.29, 0.717) is 11.8 Å². The van der Waals surface area contributed by atoms with Crippen LogP contribution in [0.25, 0.3) is 0 Å². The van der Waals surface area contributed by atoms with Gasteiger partial charge in [-0.15, -0.1) is 0 Å². The molecule has 0 amide bonds. The fourth-order valence-electron chi connectivity index (χ4n) is 2.28. The van der Waals surface area contributed by atoms with Gasteiger partial charge in [0.15, 0.2) is 0 Å². The Labute approximate surface area is 112 Å². The van der Waals surface area contributed by atoms with Crippen LogP contribution in [0, 0.1) is 12.8 Å². The van der Waals surface area contributed by atoms with Crippen molar-refractivity contribution in [1.82, 2.24) is 5.32 Å². The van der Waals surface area contributed by atoms with Gasteiger partial charge in [-0.25, -0.2) is 0 Å². The molecule has 0 fully saturated rings. The normalized spacial score (nSPS) is 14.3. The third kappa shape index (κ3) is 4.02. The van der Waals surface area contributed by atoms with Crippen molar-refractivity contribution in [2.24, 2.45) is 5.92 Å². The highest BCUT2D eigenvalue weighted by molar-refractivity contribution is 5.36. The highest BCUT2D eigenvalue weighted by atomic mass is 16.5. The summed E-state index contributed by atoms with van der Waals surface area (Å²) >= 11 is 0. The Kier molecular flexibility index (Phi) is 6.20. The van der Waals surface area contributed by atoms with Gasteiger partial charge in [0.1, 0.15) is 5.75 Å². The third-order valence-electron chi connectivity index (χ3n) is 3.71. The SMILES string of the molecule is CCCNCC(C)C(C)c1ccc(OC)cc1C. The fourth-order valence-corrected chi connectivity index (χ4v) is 2.28. The fraction of sp³-hybridized carbons (Fsp3) is 0.625. The first-order valence-electron chi connectivity index (χ1n) is 6.95. The molecule has 0 aromatic heterocycles. The van der Waals surface area contributed by atoms with Gasteiger partial charge in [-0.1, -0.05) is 26.8 Å². The molecule has 2 nitrogen and oxygen atoms in total. The van der Waals surface area contributed by atoms with Gasteiger partial charge in [-0.2, -0.15) is 0 Å². The van der Waals surface area contributed by atoms with Crippen LogP contribution in [0.4, 0.5) is 0 Å². The number of ether oxygens (including phenoxy) is 1. The minimum absolute atomic E-state index is 0.570. The van der Waals surface area contributed by atoms with Crippen molar-refractivity contribution in [1.29, 1.82) is 0 Å². The standard InChI is InChI=1S/C16H27NO/c1-6-9-17-11-13(3)14(4)16-8-7-15(18-5)10-12(16)2/h7-8,10,13-14,17H,6,9,11H2,1-5H3. The molecule has 0 aliphatic carbocycles. The number of aryl methyl sites for hydroxylation is 1. The van der Waals surface area contributed by atoms with E-state index in [1.165, 1.54) is 17.5 Å². The first kappa shape index (κ1) is 15.0. The summed E-state index contributed by atoms with van der Waals surface area (Å²) in [6.07, 6.45) is 1.20. The van der Waals surface area contributed by atoms with E-state index in [0.717, 1.165) is 18.8 Å². The number of hydrogen-bond donors (Lipinski definition) is 1. The molecule has 0 aliphatic rings. The van der Waals surface area contributed by atoms with E-state index in [4.69, 9.17) is 4.74 Å². The summed E-state index contributed by atoms with van der Waals surface area (Å²) in [7, 11) is 1.72. The van der Waals surface area contributed by atoms with Crippen LogP contribution in [0.5, 0.6) is 5.75 Å². The lowest BCUT2D eigenvalue weighted by Gasteiger charge is -2.22. The Balaban J connectivity index is 2.67. The Hall–Kier alpha value is -1.02. The first-order valence-corrected chi connectivity index (χ1v) is 6.95. The van der Waals surface area contributed by atoms with Gasteiger partial charge in [0.2, 0.25) is 0 Å². The van der Waals surface area contributed by atoms with Gasteiger partial charge < -0.3 is 10.1 Å². The Morgan fingerprint density at radius 3 is 2.56 bits per heavy atom. The Morgan fingerprint density at radius 1 is 1.28 bits per heavy atom. The first-order chi connectivity index (χ1) is 8.60. The average molecular weight is 249 g/mol. The van der Waals surface area contributed by atoms with Gasteiger partial charge >= 0.3 is 0 Å². The summed E-state index contributed by atoms with van der Waals surface area (Å²) in [6.45, 7) is 11.2. The van der Waals surface area contributed by atoms with Crippen molar-refractivity contribution in [2.45, 2.75) is 40.0 Å². The van der Waals surface area contributed by atoms with E-state index in [9.17, 15) is 0 Å². The van der Waals surface area contributed by atoms with Gasteiger partial charge in [-0.3, -0.25) is 0 Å². The van der Waals surface area contributed by atoms with E-state index >= 15 is 0 Å². The average Bonchev–Trinajstić information content (AvgIpc) is 2.38. The Bertz CT molecular complexity index is 362. The molecule has 0 saturated heterocycles. The lowest BCUT2D eigenvalue weighted by Crippen LogP contribution is -2.25. The van der Waals surface area contributed by atoms with Crippen LogP contribution in [0.3, 0.4) is 0 Å². The lowest BCUT2D eigenvalue weighted by molar-refractivity contribution is 0.413. The molecule has 2 heteroatoms. The van der Waals surface area contributed by atoms with Crippen LogP contribution in [0.15, 0.2) is 18.2 Å². The van der Waals surface area contributed by atoms with Crippen molar-refractivity contribution in [3.05, 3.63) is 29.3 Å². The summed E-state index contributed by atoms with van der Waals surface area (Å²) in [6, 6.07) is 6.39. The monoisotopic (exact) mass is 249 g/mol. The van der Waals surface area contributed by atoms with Crippen molar-refractivity contribution in [2.75, 3.05) is 20.2 Å². The van der Waals surface area contributed by atoms with E-state index < -0.39 is 0 Å². The van der Waals surface area contributed by atoms with Crippen LogP contribution in [-0.2, 0) is 0 Å². The number of methoxy groups -OCH3 is 1. The predicted octanol–water partition coefficient (Wildman–Crippen LogP) is 3.74. The molecule has 2 atom stereocenters. The molecule has 2 unspecified atom stereocenters. The predicted molar refractivity (Wildman–Crippen MR) is 78.5 cm³/mol. The zero-order valence-electron chi connectivity index (χ0n) is 12.4. The summed E-state index contributed by atoms with van der Waals surface area (Å²) in [5.74, 6) is 2.16. The second-order valence-electron chi connectivity index (χ2n) is 5.19. The molecular formula is C16H27NO. The van der Waals surface area contributed by atoms with Crippen molar-refractivity contribution in [3.8, 4) is 5.75 Å². The van der Waals surface area contributed by atoms with Crippen LogP contribution < -0.4 is 10.1 Å². The Morgan fingerprint density at radius 2 is 2.00 bits per heavy atom. The largest absolute Gasteiger partial charge is 0.497 e. The van der Waals surface area contributed by atoms with Crippen molar-refractivity contribution < 1.29 is 4.74 Å². The molecule has 102 valence electrons.